The molecule has 2 rings (SSSR count). The highest BCUT2D eigenvalue weighted by molar-refractivity contribution is 9.10. The molecule has 0 atom stereocenters. The molecular weight excluding hydrogens is 310 g/mol. The van der Waals surface area contributed by atoms with Crippen LogP contribution in [-0.4, -0.2) is 11.1 Å². The van der Waals surface area contributed by atoms with E-state index >= 15 is 0 Å². The van der Waals surface area contributed by atoms with Gasteiger partial charge in [-0.3, -0.25) is 0 Å². The lowest BCUT2D eigenvalue weighted by Crippen LogP contribution is -2.00. The quantitative estimate of drug-likeness (QED) is 0.893. The highest BCUT2D eigenvalue weighted by Crippen LogP contribution is 2.21. The zero-order valence-electron chi connectivity index (χ0n) is 10.7. The number of anilines is 1. The first-order chi connectivity index (χ1) is 8.97. The van der Waals surface area contributed by atoms with Crippen LogP contribution in [0, 0.1) is 13.8 Å². The van der Waals surface area contributed by atoms with Crippen LogP contribution in [0.1, 0.15) is 27.4 Å². The van der Waals surface area contributed by atoms with Gasteiger partial charge in [-0.05, 0) is 43.7 Å². The maximum absolute atomic E-state index is 10.8. The number of furan rings is 1. The molecule has 0 fully saturated rings. The van der Waals surface area contributed by atoms with Crippen LogP contribution in [0.25, 0.3) is 0 Å². The average molecular weight is 324 g/mol. The first kappa shape index (κ1) is 13.7. The Morgan fingerprint density at radius 2 is 2.11 bits per heavy atom. The van der Waals surface area contributed by atoms with E-state index in [-0.39, 0.29) is 5.76 Å². The van der Waals surface area contributed by atoms with Gasteiger partial charge in [0.15, 0.2) is 0 Å². The SMILES string of the molecule is Cc1cc(NCc2cc(C(=O)O)oc2C)ccc1Br. The summed E-state index contributed by atoms with van der Waals surface area (Å²) >= 11 is 3.45. The number of hydrogen-bond acceptors (Lipinski definition) is 3. The fourth-order valence-electron chi connectivity index (χ4n) is 1.75. The largest absolute Gasteiger partial charge is 0.475 e. The number of carboxylic acid groups (broad SMARTS) is 1. The number of carboxylic acids is 1. The third kappa shape index (κ3) is 3.17. The summed E-state index contributed by atoms with van der Waals surface area (Å²) < 4.78 is 6.22. The highest BCUT2D eigenvalue weighted by atomic mass is 79.9. The first-order valence-electron chi connectivity index (χ1n) is 5.80. The molecule has 2 aromatic rings. The summed E-state index contributed by atoms with van der Waals surface area (Å²) in [6.45, 7) is 4.31. The molecule has 0 unspecified atom stereocenters. The number of nitrogens with one attached hydrogen (secondary N) is 1. The lowest BCUT2D eigenvalue weighted by Gasteiger charge is -2.07. The zero-order valence-corrected chi connectivity index (χ0v) is 12.2. The van der Waals surface area contributed by atoms with Crippen LogP contribution in [0.4, 0.5) is 5.69 Å². The van der Waals surface area contributed by atoms with Crippen molar-refractivity contribution >= 4 is 27.6 Å². The monoisotopic (exact) mass is 323 g/mol. The van der Waals surface area contributed by atoms with Crippen molar-refractivity contribution in [3.8, 4) is 0 Å². The topological polar surface area (TPSA) is 62.5 Å². The normalized spacial score (nSPS) is 10.5. The summed E-state index contributed by atoms with van der Waals surface area (Å²) in [6, 6.07) is 7.52. The molecule has 0 spiro atoms. The molecule has 0 radical (unpaired) electrons. The second-order valence-electron chi connectivity index (χ2n) is 4.31. The number of benzene rings is 1. The van der Waals surface area contributed by atoms with Crippen LogP contribution < -0.4 is 5.32 Å². The Morgan fingerprint density at radius 1 is 1.37 bits per heavy atom. The maximum atomic E-state index is 10.8. The molecular formula is C14H14BrNO3. The smallest absolute Gasteiger partial charge is 0.371 e. The molecule has 4 nitrogen and oxygen atoms in total. The fourth-order valence-corrected chi connectivity index (χ4v) is 2.00. The molecule has 5 heteroatoms. The highest BCUT2D eigenvalue weighted by Gasteiger charge is 2.12. The van der Waals surface area contributed by atoms with Gasteiger partial charge in [0.2, 0.25) is 5.76 Å². The molecule has 0 saturated carbocycles. The molecule has 0 saturated heterocycles. The number of rotatable bonds is 4. The van der Waals surface area contributed by atoms with E-state index < -0.39 is 5.97 Å². The maximum Gasteiger partial charge on any atom is 0.371 e. The molecule has 0 aliphatic rings. The lowest BCUT2D eigenvalue weighted by atomic mass is 10.2. The Morgan fingerprint density at radius 3 is 2.68 bits per heavy atom. The van der Waals surface area contributed by atoms with Gasteiger partial charge in [0.25, 0.3) is 0 Å². The van der Waals surface area contributed by atoms with Crippen LogP contribution in [0.3, 0.4) is 0 Å². The summed E-state index contributed by atoms with van der Waals surface area (Å²) in [5.41, 5.74) is 2.97. The second-order valence-corrected chi connectivity index (χ2v) is 5.17. The van der Waals surface area contributed by atoms with Gasteiger partial charge in [-0.25, -0.2) is 4.79 Å². The van der Waals surface area contributed by atoms with E-state index in [1.54, 1.807) is 13.0 Å². The second kappa shape index (κ2) is 5.48. The van der Waals surface area contributed by atoms with E-state index in [0.717, 1.165) is 21.3 Å². The third-order valence-corrected chi connectivity index (χ3v) is 3.76. The standard InChI is InChI=1S/C14H14BrNO3/c1-8-5-11(3-4-12(8)15)16-7-10-6-13(14(17)18)19-9(10)2/h3-6,16H,7H2,1-2H3,(H,17,18). The van der Waals surface area contributed by atoms with E-state index in [1.165, 1.54) is 0 Å². The van der Waals surface area contributed by atoms with Crippen molar-refractivity contribution in [1.82, 2.24) is 0 Å². The summed E-state index contributed by atoms with van der Waals surface area (Å²) in [7, 11) is 0. The first-order valence-corrected chi connectivity index (χ1v) is 6.59. The van der Waals surface area contributed by atoms with Gasteiger partial charge in [0, 0.05) is 22.3 Å². The number of aromatic carboxylic acids is 1. The van der Waals surface area contributed by atoms with E-state index in [0.29, 0.717) is 12.3 Å². The van der Waals surface area contributed by atoms with E-state index in [4.69, 9.17) is 9.52 Å². The minimum absolute atomic E-state index is 0.0266. The van der Waals surface area contributed by atoms with Crippen molar-refractivity contribution in [2.45, 2.75) is 20.4 Å². The van der Waals surface area contributed by atoms with Crippen molar-refractivity contribution in [3.05, 3.63) is 51.4 Å². The van der Waals surface area contributed by atoms with Crippen molar-refractivity contribution in [1.29, 1.82) is 0 Å². The van der Waals surface area contributed by atoms with E-state index in [9.17, 15) is 4.79 Å². The van der Waals surface area contributed by atoms with Crippen molar-refractivity contribution in [2.24, 2.45) is 0 Å². The molecule has 0 amide bonds. The molecule has 1 heterocycles. The summed E-state index contributed by atoms with van der Waals surface area (Å²) in [5, 5.41) is 12.1. The van der Waals surface area contributed by atoms with Gasteiger partial charge in [-0.2, -0.15) is 0 Å². The van der Waals surface area contributed by atoms with Gasteiger partial charge in [0.05, 0.1) is 0 Å². The number of hydrogen-bond donors (Lipinski definition) is 2. The minimum atomic E-state index is -1.05. The van der Waals surface area contributed by atoms with Crippen LogP contribution >= 0.6 is 15.9 Å². The van der Waals surface area contributed by atoms with Crippen LogP contribution in [0.2, 0.25) is 0 Å². The van der Waals surface area contributed by atoms with Gasteiger partial charge in [-0.1, -0.05) is 15.9 Å². The molecule has 0 bridgehead atoms. The Bertz CT molecular complexity index is 619. The Labute approximate surface area is 119 Å². The van der Waals surface area contributed by atoms with Gasteiger partial charge in [0.1, 0.15) is 5.76 Å². The summed E-state index contributed by atoms with van der Waals surface area (Å²) in [5.74, 6) is -0.450. The number of halogens is 1. The molecule has 19 heavy (non-hydrogen) atoms. The molecule has 1 aromatic carbocycles. The Hall–Kier alpha value is -1.75. The predicted molar refractivity (Wildman–Crippen MR) is 76.6 cm³/mol. The van der Waals surface area contributed by atoms with Crippen LogP contribution in [-0.2, 0) is 6.54 Å². The molecule has 1 aromatic heterocycles. The van der Waals surface area contributed by atoms with E-state index in [2.05, 4.69) is 21.2 Å². The van der Waals surface area contributed by atoms with E-state index in [1.807, 2.05) is 25.1 Å². The van der Waals surface area contributed by atoms with Crippen molar-refractivity contribution in [3.63, 3.8) is 0 Å². The van der Waals surface area contributed by atoms with Gasteiger partial charge >= 0.3 is 5.97 Å². The molecule has 0 aliphatic carbocycles. The lowest BCUT2D eigenvalue weighted by molar-refractivity contribution is 0.0661. The summed E-state index contributed by atoms with van der Waals surface area (Å²) in [6.07, 6.45) is 0. The number of carbonyl (C=O) groups is 1. The average Bonchev–Trinajstić information content (AvgIpc) is 2.73. The minimum Gasteiger partial charge on any atom is -0.475 e. The zero-order chi connectivity index (χ0) is 14.0. The molecule has 100 valence electrons. The molecule has 2 N–H and O–H groups in total. The Kier molecular flexibility index (Phi) is 3.95. The van der Waals surface area contributed by atoms with Crippen molar-refractivity contribution in [2.75, 3.05) is 5.32 Å². The van der Waals surface area contributed by atoms with Crippen LogP contribution in [0.15, 0.2) is 33.2 Å². The number of aryl methyl sites for hydroxylation is 2. The predicted octanol–water partition coefficient (Wildman–Crippen LogP) is 3.97. The Balaban J connectivity index is 2.09. The molecule has 0 aliphatic heterocycles. The van der Waals surface area contributed by atoms with Gasteiger partial charge in [-0.15, -0.1) is 0 Å². The third-order valence-electron chi connectivity index (χ3n) is 2.87. The van der Waals surface area contributed by atoms with Gasteiger partial charge < -0.3 is 14.8 Å². The van der Waals surface area contributed by atoms with Crippen molar-refractivity contribution < 1.29 is 14.3 Å². The fraction of sp³-hybridized carbons (Fsp3) is 0.214. The summed E-state index contributed by atoms with van der Waals surface area (Å²) in [4.78, 5) is 10.8. The van der Waals surface area contributed by atoms with Crippen LogP contribution in [0.5, 0.6) is 0 Å².